The van der Waals surface area contributed by atoms with Gasteiger partial charge in [0.2, 0.25) is 0 Å². The first kappa shape index (κ1) is 18.1. The van der Waals surface area contributed by atoms with Crippen LogP contribution in [0.3, 0.4) is 0 Å². The van der Waals surface area contributed by atoms with Crippen LogP contribution in [-0.2, 0) is 5.41 Å². The van der Waals surface area contributed by atoms with Gasteiger partial charge in [-0.05, 0) is 26.0 Å². The van der Waals surface area contributed by atoms with E-state index in [-0.39, 0.29) is 22.9 Å². The third-order valence-corrected chi connectivity index (χ3v) is 4.66. The van der Waals surface area contributed by atoms with Crippen molar-refractivity contribution in [2.45, 2.75) is 46.1 Å². The summed E-state index contributed by atoms with van der Waals surface area (Å²) in [7, 11) is 0. The zero-order valence-corrected chi connectivity index (χ0v) is 15.2. The first-order valence-electron chi connectivity index (χ1n) is 7.61. The molecule has 0 saturated carbocycles. The van der Waals surface area contributed by atoms with Gasteiger partial charge in [0.1, 0.15) is 10.7 Å². The highest BCUT2D eigenvalue weighted by atomic mass is 32.1. The second-order valence-corrected chi connectivity index (χ2v) is 7.62. The number of Topliss-reactive ketones (excluding diaryl/α,β-unsaturated/α-hetero) is 1. The lowest BCUT2D eigenvalue weighted by molar-refractivity contribution is -0.384. The van der Waals surface area contributed by atoms with E-state index in [0.29, 0.717) is 11.3 Å². The van der Waals surface area contributed by atoms with Gasteiger partial charge in [-0.15, -0.1) is 11.3 Å². The Kier molecular flexibility index (Phi) is 5.03. The number of hydrogen-bond donors (Lipinski definition) is 1. The summed E-state index contributed by atoms with van der Waals surface area (Å²) in [5, 5.41) is 17.3. The SMILES string of the molecule is CC(=O)c1ccc(NC(C)c2nc(C(C)(C)C)cs2)c([N+](=O)[O-])c1. The molecule has 1 N–H and O–H groups in total. The van der Waals surface area contributed by atoms with Gasteiger partial charge in [-0.25, -0.2) is 4.98 Å². The summed E-state index contributed by atoms with van der Waals surface area (Å²) in [5.74, 6) is -0.201. The number of aromatic nitrogens is 1. The number of anilines is 1. The van der Waals surface area contributed by atoms with Gasteiger partial charge in [0.25, 0.3) is 5.69 Å². The molecule has 2 aromatic rings. The maximum absolute atomic E-state index is 11.4. The summed E-state index contributed by atoms with van der Waals surface area (Å²) in [4.78, 5) is 26.9. The van der Waals surface area contributed by atoms with Crippen molar-refractivity contribution in [3.63, 3.8) is 0 Å². The number of nitro benzene ring substituents is 1. The fourth-order valence-corrected chi connectivity index (χ4v) is 3.20. The second-order valence-electron chi connectivity index (χ2n) is 6.73. The van der Waals surface area contributed by atoms with Crippen LogP contribution in [0.4, 0.5) is 11.4 Å². The van der Waals surface area contributed by atoms with E-state index in [4.69, 9.17) is 0 Å². The molecule has 0 aliphatic carbocycles. The maximum Gasteiger partial charge on any atom is 0.293 e. The van der Waals surface area contributed by atoms with Crippen molar-refractivity contribution in [2.24, 2.45) is 0 Å². The van der Waals surface area contributed by atoms with Crippen molar-refractivity contribution >= 4 is 28.5 Å². The second kappa shape index (κ2) is 6.68. The van der Waals surface area contributed by atoms with Crippen LogP contribution in [0.5, 0.6) is 0 Å². The van der Waals surface area contributed by atoms with Crippen LogP contribution in [0.2, 0.25) is 0 Å². The van der Waals surface area contributed by atoms with Gasteiger partial charge in [-0.3, -0.25) is 14.9 Å². The van der Waals surface area contributed by atoms with Crippen molar-refractivity contribution in [2.75, 3.05) is 5.32 Å². The molecule has 0 saturated heterocycles. The van der Waals surface area contributed by atoms with Crippen molar-refractivity contribution < 1.29 is 9.72 Å². The Balaban J connectivity index is 2.28. The predicted octanol–water partition coefficient (Wildman–Crippen LogP) is 4.72. The number of rotatable bonds is 5. The Labute approximate surface area is 145 Å². The van der Waals surface area contributed by atoms with Gasteiger partial charge >= 0.3 is 0 Å². The third kappa shape index (κ3) is 3.97. The fourth-order valence-electron chi connectivity index (χ4n) is 2.15. The standard InChI is InChI=1S/C17H21N3O3S/c1-10(16-19-15(9-24-16)17(3,4)5)18-13-7-6-12(11(2)21)8-14(13)20(22)23/h6-10,18H,1-5H3. The molecule has 0 bridgehead atoms. The van der Waals surface area contributed by atoms with E-state index < -0.39 is 4.92 Å². The molecule has 1 heterocycles. The molecule has 6 nitrogen and oxygen atoms in total. The zero-order valence-electron chi connectivity index (χ0n) is 14.4. The van der Waals surface area contributed by atoms with Crippen LogP contribution >= 0.6 is 11.3 Å². The van der Waals surface area contributed by atoms with Crippen LogP contribution in [0, 0.1) is 10.1 Å². The Morgan fingerprint density at radius 2 is 2.04 bits per heavy atom. The quantitative estimate of drug-likeness (QED) is 0.480. The van der Waals surface area contributed by atoms with Gasteiger partial charge in [0, 0.05) is 22.4 Å². The third-order valence-electron chi connectivity index (χ3n) is 3.63. The maximum atomic E-state index is 11.4. The molecule has 2 rings (SSSR count). The molecule has 1 aromatic heterocycles. The number of nitrogens with zero attached hydrogens (tertiary/aromatic N) is 2. The molecular formula is C17H21N3O3S. The van der Waals surface area contributed by atoms with Crippen LogP contribution in [0.25, 0.3) is 0 Å². The smallest absolute Gasteiger partial charge is 0.293 e. The van der Waals surface area contributed by atoms with E-state index >= 15 is 0 Å². The molecule has 1 unspecified atom stereocenters. The molecule has 24 heavy (non-hydrogen) atoms. The first-order valence-corrected chi connectivity index (χ1v) is 8.49. The average molecular weight is 347 g/mol. The number of hydrogen-bond acceptors (Lipinski definition) is 6. The molecule has 1 aromatic carbocycles. The van der Waals surface area contributed by atoms with Gasteiger partial charge < -0.3 is 5.32 Å². The van der Waals surface area contributed by atoms with Gasteiger partial charge in [-0.2, -0.15) is 0 Å². The van der Waals surface area contributed by atoms with Crippen LogP contribution in [0.15, 0.2) is 23.6 Å². The van der Waals surface area contributed by atoms with E-state index in [0.717, 1.165) is 10.7 Å². The molecule has 7 heteroatoms. The first-order chi connectivity index (χ1) is 11.1. The van der Waals surface area contributed by atoms with E-state index in [1.807, 2.05) is 12.3 Å². The average Bonchev–Trinajstić information content (AvgIpc) is 2.97. The van der Waals surface area contributed by atoms with Crippen molar-refractivity contribution in [1.82, 2.24) is 4.98 Å². The molecule has 1 atom stereocenters. The monoisotopic (exact) mass is 347 g/mol. The number of carbonyl (C=O) groups is 1. The van der Waals surface area contributed by atoms with E-state index in [2.05, 4.69) is 31.1 Å². The Morgan fingerprint density at radius 3 is 2.54 bits per heavy atom. The summed E-state index contributed by atoms with van der Waals surface area (Å²) in [6.07, 6.45) is 0. The number of carbonyl (C=O) groups excluding carboxylic acids is 1. The minimum Gasteiger partial charge on any atom is -0.371 e. The topological polar surface area (TPSA) is 85.1 Å². The lowest BCUT2D eigenvalue weighted by atomic mass is 9.93. The fraction of sp³-hybridized carbons (Fsp3) is 0.412. The van der Waals surface area contributed by atoms with E-state index in [1.54, 1.807) is 12.1 Å². The van der Waals surface area contributed by atoms with Crippen molar-refractivity contribution in [3.8, 4) is 0 Å². The summed E-state index contributed by atoms with van der Waals surface area (Å²) < 4.78 is 0. The van der Waals surface area contributed by atoms with Crippen LogP contribution in [-0.4, -0.2) is 15.7 Å². The highest BCUT2D eigenvalue weighted by Gasteiger charge is 2.22. The highest BCUT2D eigenvalue weighted by molar-refractivity contribution is 7.09. The largest absolute Gasteiger partial charge is 0.371 e. The molecule has 0 aliphatic rings. The lowest BCUT2D eigenvalue weighted by Gasteiger charge is -2.16. The lowest BCUT2D eigenvalue weighted by Crippen LogP contribution is -2.13. The summed E-state index contributed by atoms with van der Waals surface area (Å²) in [6, 6.07) is 4.30. The molecule has 0 aliphatic heterocycles. The Hall–Kier alpha value is -2.28. The van der Waals surface area contributed by atoms with Crippen LogP contribution < -0.4 is 5.32 Å². The predicted molar refractivity (Wildman–Crippen MR) is 96.0 cm³/mol. The number of nitrogens with one attached hydrogen (secondary N) is 1. The number of thiazole rings is 1. The van der Waals surface area contributed by atoms with Crippen molar-refractivity contribution in [1.29, 1.82) is 0 Å². The van der Waals surface area contributed by atoms with Crippen LogP contribution in [0.1, 0.15) is 61.7 Å². The Morgan fingerprint density at radius 1 is 1.38 bits per heavy atom. The minimum atomic E-state index is -0.482. The minimum absolute atomic E-state index is 0.0381. The van der Waals surface area contributed by atoms with Crippen molar-refractivity contribution in [3.05, 3.63) is 50.0 Å². The number of nitro groups is 1. The van der Waals surface area contributed by atoms with Gasteiger partial charge in [0.15, 0.2) is 5.78 Å². The molecule has 128 valence electrons. The van der Waals surface area contributed by atoms with E-state index in [9.17, 15) is 14.9 Å². The zero-order chi connectivity index (χ0) is 18.1. The molecule has 0 fully saturated rings. The Bertz CT molecular complexity index is 778. The highest BCUT2D eigenvalue weighted by Crippen LogP contribution is 2.32. The summed E-state index contributed by atoms with van der Waals surface area (Å²) in [6.45, 7) is 9.58. The summed E-state index contributed by atoms with van der Waals surface area (Å²) >= 11 is 1.53. The van der Waals surface area contributed by atoms with E-state index in [1.165, 1.54) is 24.3 Å². The summed E-state index contributed by atoms with van der Waals surface area (Å²) in [5.41, 5.74) is 1.55. The number of ketones is 1. The molecule has 0 amide bonds. The molecular weight excluding hydrogens is 326 g/mol. The molecule has 0 spiro atoms. The van der Waals surface area contributed by atoms with Gasteiger partial charge in [0.05, 0.1) is 16.7 Å². The normalized spacial score (nSPS) is 12.7. The number of benzene rings is 1. The molecule has 0 radical (unpaired) electrons. The van der Waals surface area contributed by atoms with Gasteiger partial charge in [-0.1, -0.05) is 20.8 Å².